The summed E-state index contributed by atoms with van der Waals surface area (Å²) in [7, 11) is -4.61. The lowest BCUT2D eigenvalue weighted by Crippen LogP contribution is -2.60. The molecule has 0 aromatic rings. The standard InChI is InChI=1S/C42H68O12S/c1-3-5-7-9-11-13-14-15-16-17-18-19-20-21-22-23-25-27-29-31-38(44)53-35(32-51-37(43)30-28-26-24-12-10-8-6-4-2)33-52-42-41(47)40(46)39(45)36(54-42)34-55(48,49)50/h5,7,11,13,15-16,18-19,21-22,25,27,35-36,39-42,45-47H,3-4,6,8-10,12,14,17,20,23-24,26,28-34H2,1-2H3,(H,48,49,50)/b7-5+,13-11+,16-15+,19-18+,22-21+,27-25+/t35-,36-,39-,40?,41?,42+/m1/s1. The molecule has 1 heterocycles. The summed E-state index contributed by atoms with van der Waals surface area (Å²) in [4.78, 5) is 25.2. The summed E-state index contributed by atoms with van der Waals surface area (Å²) in [6, 6.07) is 0. The molecule has 0 amide bonds. The molecule has 12 nitrogen and oxygen atoms in total. The lowest BCUT2D eigenvalue weighted by molar-refractivity contribution is -0.297. The molecule has 55 heavy (non-hydrogen) atoms. The summed E-state index contributed by atoms with van der Waals surface area (Å²) in [5, 5.41) is 30.7. The minimum Gasteiger partial charge on any atom is -0.462 e. The van der Waals surface area contributed by atoms with Crippen LogP contribution in [0.4, 0.5) is 0 Å². The Bertz CT molecular complexity index is 1300. The lowest BCUT2D eigenvalue weighted by atomic mass is 10.00. The fourth-order valence-corrected chi connectivity index (χ4v) is 6.16. The molecule has 0 bridgehead atoms. The maximum Gasteiger partial charge on any atom is 0.306 e. The van der Waals surface area contributed by atoms with Crippen LogP contribution in [0.5, 0.6) is 0 Å². The van der Waals surface area contributed by atoms with Crippen LogP contribution in [0.2, 0.25) is 0 Å². The Kier molecular flexibility index (Phi) is 29.3. The van der Waals surface area contributed by atoms with Crippen molar-refractivity contribution in [3.63, 3.8) is 0 Å². The first kappa shape index (κ1) is 50.1. The second-order valence-corrected chi connectivity index (χ2v) is 15.1. The molecular weight excluding hydrogens is 729 g/mol. The number of hydrogen-bond donors (Lipinski definition) is 4. The van der Waals surface area contributed by atoms with Crippen molar-refractivity contribution in [3.05, 3.63) is 72.9 Å². The van der Waals surface area contributed by atoms with Gasteiger partial charge in [-0.2, -0.15) is 8.42 Å². The van der Waals surface area contributed by atoms with Gasteiger partial charge in [0.15, 0.2) is 12.4 Å². The van der Waals surface area contributed by atoms with Gasteiger partial charge < -0.3 is 34.3 Å². The zero-order valence-electron chi connectivity index (χ0n) is 33.0. The zero-order chi connectivity index (χ0) is 40.6. The first-order valence-electron chi connectivity index (χ1n) is 20.0. The van der Waals surface area contributed by atoms with Crippen LogP contribution >= 0.6 is 0 Å². The van der Waals surface area contributed by atoms with E-state index in [2.05, 4.69) is 68.5 Å². The highest BCUT2D eigenvalue weighted by atomic mass is 32.2. The molecular formula is C42H68O12S. The number of unbranched alkanes of at least 4 members (excludes halogenated alkanes) is 7. The number of carbonyl (C=O) groups excluding carboxylic acids is 2. The summed E-state index contributed by atoms with van der Waals surface area (Å²) >= 11 is 0. The average molecular weight is 797 g/mol. The van der Waals surface area contributed by atoms with Crippen LogP contribution in [0.3, 0.4) is 0 Å². The molecule has 1 fully saturated rings. The van der Waals surface area contributed by atoms with Crippen LogP contribution in [0, 0.1) is 0 Å². The SMILES string of the molecule is CC/C=C/C/C=C/C/C=C/C/C=C/C/C=C/C/C=C/CCC(=O)O[C@H](COC(=O)CCCCCCCCCC)CO[C@H]1O[C@H](CS(=O)(=O)O)[C@@H](O)C(O)C1O. The number of rotatable bonds is 31. The molecule has 0 aliphatic carbocycles. The molecule has 6 atom stereocenters. The van der Waals surface area contributed by atoms with Gasteiger partial charge in [0.25, 0.3) is 10.1 Å². The van der Waals surface area contributed by atoms with E-state index < -0.39 is 71.2 Å². The summed E-state index contributed by atoms with van der Waals surface area (Å²) in [5.74, 6) is -2.11. The normalized spacial score (nSPS) is 21.6. The smallest absolute Gasteiger partial charge is 0.306 e. The third-order valence-electron chi connectivity index (χ3n) is 8.56. The van der Waals surface area contributed by atoms with Gasteiger partial charge in [0.1, 0.15) is 36.8 Å². The van der Waals surface area contributed by atoms with Crippen molar-refractivity contribution in [3.8, 4) is 0 Å². The van der Waals surface area contributed by atoms with Gasteiger partial charge in [-0.1, -0.05) is 132 Å². The van der Waals surface area contributed by atoms with E-state index >= 15 is 0 Å². The molecule has 0 aromatic heterocycles. The van der Waals surface area contributed by atoms with Gasteiger partial charge in [-0.05, 0) is 51.4 Å². The molecule has 314 valence electrons. The van der Waals surface area contributed by atoms with Gasteiger partial charge in [0, 0.05) is 12.8 Å². The molecule has 1 saturated heterocycles. The van der Waals surface area contributed by atoms with E-state index in [-0.39, 0.29) is 19.4 Å². The first-order valence-corrected chi connectivity index (χ1v) is 21.6. The minimum absolute atomic E-state index is 0.0365. The van der Waals surface area contributed by atoms with Crippen molar-refractivity contribution in [2.45, 2.75) is 160 Å². The summed E-state index contributed by atoms with van der Waals surface area (Å²) < 4.78 is 53.7. The van der Waals surface area contributed by atoms with Gasteiger partial charge >= 0.3 is 11.9 Å². The second-order valence-electron chi connectivity index (χ2n) is 13.6. The molecule has 0 saturated carbocycles. The first-order chi connectivity index (χ1) is 26.5. The number of aliphatic hydroxyl groups excluding tert-OH is 3. The average Bonchev–Trinajstić information content (AvgIpc) is 3.14. The molecule has 0 aromatic carbocycles. The van der Waals surface area contributed by atoms with Crippen LogP contribution < -0.4 is 0 Å². The molecule has 1 aliphatic rings. The molecule has 2 unspecified atom stereocenters. The van der Waals surface area contributed by atoms with Crippen molar-refractivity contribution in [1.29, 1.82) is 0 Å². The summed E-state index contributed by atoms with van der Waals surface area (Å²) in [6.45, 7) is 3.51. The maximum atomic E-state index is 12.7. The van der Waals surface area contributed by atoms with E-state index in [0.717, 1.165) is 51.4 Å². The molecule has 1 aliphatic heterocycles. The van der Waals surface area contributed by atoms with Crippen LogP contribution in [-0.2, 0) is 38.7 Å². The molecule has 0 spiro atoms. The van der Waals surface area contributed by atoms with E-state index in [9.17, 15) is 37.9 Å². The second kappa shape index (κ2) is 32.2. The Balaban J connectivity index is 2.55. The Morgan fingerprint density at radius 3 is 1.67 bits per heavy atom. The van der Waals surface area contributed by atoms with Gasteiger partial charge in [0.2, 0.25) is 0 Å². The predicted molar refractivity (Wildman–Crippen MR) is 215 cm³/mol. The summed E-state index contributed by atoms with van der Waals surface area (Å²) in [6.07, 6.45) is 29.9. The van der Waals surface area contributed by atoms with Crippen molar-refractivity contribution >= 4 is 22.1 Å². The highest BCUT2D eigenvalue weighted by molar-refractivity contribution is 7.85. The number of esters is 2. The highest BCUT2D eigenvalue weighted by Crippen LogP contribution is 2.23. The van der Waals surface area contributed by atoms with Gasteiger partial charge in [-0.25, -0.2) is 0 Å². The number of carbonyl (C=O) groups is 2. The van der Waals surface area contributed by atoms with Crippen LogP contribution in [0.25, 0.3) is 0 Å². The Morgan fingerprint density at radius 2 is 1.15 bits per heavy atom. The number of hydrogen-bond acceptors (Lipinski definition) is 11. The number of aliphatic hydroxyl groups is 3. The van der Waals surface area contributed by atoms with Crippen molar-refractivity contribution in [2.75, 3.05) is 19.0 Å². The van der Waals surface area contributed by atoms with Crippen molar-refractivity contribution in [2.24, 2.45) is 0 Å². The fourth-order valence-electron chi connectivity index (χ4n) is 5.46. The topological polar surface area (TPSA) is 186 Å². The Morgan fingerprint density at radius 1 is 0.636 bits per heavy atom. The van der Waals surface area contributed by atoms with Gasteiger partial charge in [-0.3, -0.25) is 14.1 Å². The Hall–Kier alpha value is -2.91. The van der Waals surface area contributed by atoms with Crippen LogP contribution in [0.15, 0.2) is 72.9 Å². The quantitative estimate of drug-likeness (QED) is 0.0240. The summed E-state index contributed by atoms with van der Waals surface area (Å²) in [5.41, 5.74) is 0. The third-order valence-corrected chi connectivity index (χ3v) is 9.31. The van der Waals surface area contributed by atoms with Gasteiger partial charge in [0.05, 0.1) is 6.61 Å². The van der Waals surface area contributed by atoms with E-state index in [0.29, 0.717) is 19.3 Å². The number of allylic oxidation sites excluding steroid dienone is 12. The van der Waals surface area contributed by atoms with E-state index in [4.69, 9.17) is 18.9 Å². The molecule has 1 rings (SSSR count). The molecule has 13 heteroatoms. The highest BCUT2D eigenvalue weighted by Gasteiger charge is 2.46. The fraction of sp³-hybridized carbons (Fsp3) is 0.667. The predicted octanol–water partition coefficient (Wildman–Crippen LogP) is 7.16. The molecule has 4 N–H and O–H groups in total. The Labute approximate surface area is 329 Å². The lowest BCUT2D eigenvalue weighted by Gasteiger charge is -2.40. The number of ether oxygens (including phenoxy) is 4. The van der Waals surface area contributed by atoms with Crippen LogP contribution in [-0.4, -0.2) is 96.0 Å². The van der Waals surface area contributed by atoms with Gasteiger partial charge in [-0.15, -0.1) is 0 Å². The van der Waals surface area contributed by atoms with E-state index in [1.165, 1.54) is 25.7 Å². The van der Waals surface area contributed by atoms with Crippen molar-refractivity contribution in [1.82, 2.24) is 0 Å². The maximum absolute atomic E-state index is 12.7. The largest absolute Gasteiger partial charge is 0.462 e. The molecule has 0 radical (unpaired) electrons. The van der Waals surface area contributed by atoms with Crippen molar-refractivity contribution < 1.29 is 56.8 Å². The third kappa shape index (κ3) is 27.4. The minimum atomic E-state index is -4.61. The zero-order valence-corrected chi connectivity index (χ0v) is 33.8. The monoisotopic (exact) mass is 796 g/mol. The van der Waals surface area contributed by atoms with E-state index in [1.54, 1.807) is 0 Å². The van der Waals surface area contributed by atoms with Crippen LogP contribution in [0.1, 0.15) is 123 Å². The van der Waals surface area contributed by atoms with E-state index in [1.807, 2.05) is 18.2 Å².